The van der Waals surface area contributed by atoms with Crippen LogP contribution in [0.3, 0.4) is 0 Å². The maximum Gasteiger partial charge on any atom is 0.131 e. The highest BCUT2D eigenvalue weighted by Crippen LogP contribution is 2.18. The SMILES string of the molecule is CO[C@H](C[N+](C)(C)C)c1ccccc1.Cl.[Cl-]. The van der Waals surface area contributed by atoms with Gasteiger partial charge in [0, 0.05) is 7.11 Å². The Bertz CT molecular complexity index is 272. The Morgan fingerprint density at radius 2 is 1.62 bits per heavy atom. The minimum absolute atomic E-state index is 0. The summed E-state index contributed by atoms with van der Waals surface area (Å²) in [6.45, 7) is 0.987. The summed E-state index contributed by atoms with van der Waals surface area (Å²) in [7, 11) is 8.30. The molecule has 4 heteroatoms. The number of quaternary nitrogens is 1. The molecule has 1 aromatic carbocycles. The molecule has 1 rings (SSSR count). The number of hydrogen-bond acceptors (Lipinski definition) is 1. The fraction of sp³-hybridized carbons (Fsp3) is 0.500. The number of ether oxygens (including phenoxy) is 1. The van der Waals surface area contributed by atoms with Gasteiger partial charge < -0.3 is 21.6 Å². The Kier molecular flexibility index (Phi) is 8.94. The van der Waals surface area contributed by atoms with Crippen molar-refractivity contribution in [3.63, 3.8) is 0 Å². The lowest BCUT2D eigenvalue weighted by molar-refractivity contribution is -0.874. The Labute approximate surface area is 111 Å². The Hall–Kier alpha value is -0.280. The molecule has 0 aromatic heterocycles. The first-order chi connectivity index (χ1) is 6.53. The lowest BCUT2D eigenvalue weighted by Gasteiger charge is -2.28. The number of hydrogen-bond donors (Lipinski definition) is 0. The summed E-state index contributed by atoms with van der Waals surface area (Å²) in [5, 5.41) is 0. The molecule has 0 bridgehead atoms. The van der Waals surface area contributed by atoms with Gasteiger partial charge in [-0.2, -0.15) is 0 Å². The second-order valence-electron chi connectivity index (χ2n) is 4.61. The highest BCUT2D eigenvalue weighted by atomic mass is 35.5. The van der Waals surface area contributed by atoms with Crippen LogP contribution in [-0.2, 0) is 4.74 Å². The third-order valence-electron chi connectivity index (χ3n) is 2.17. The van der Waals surface area contributed by atoms with E-state index in [2.05, 4.69) is 45.4 Å². The van der Waals surface area contributed by atoms with Crippen molar-refractivity contribution < 1.29 is 21.6 Å². The normalized spacial score (nSPS) is 12.2. The van der Waals surface area contributed by atoms with Crippen LogP contribution in [0.25, 0.3) is 0 Å². The quantitative estimate of drug-likeness (QED) is 0.668. The summed E-state index contributed by atoms with van der Waals surface area (Å²) >= 11 is 0. The van der Waals surface area contributed by atoms with Gasteiger partial charge in [0.15, 0.2) is 0 Å². The summed E-state index contributed by atoms with van der Waals surface area (Å²) in [5.41, 5.74) is 1.25. The average Bonchev–Trinajstić information content (AvgIpc) is 2.14. The van der Waals surface area contributed by atoms with E-state index >= 15 is 0 Å². The van der Waals surface area contributed by atoms with Gasteiger partial charge in [-0.1, -0.05) is 30.3 Å². The molecule has 0 spiro atoms. The maximum atomic E-state index is 5.50. The topological polar surface area (TPSA) is 9.23 Å². The standard InChI is InChI=1S/C12H20NO.2ClH/c1-13(2,3)10-12(14-4)11-8-6-5-7-9-11;;/h5-9,12H,10H2,1-4H3;2*1H/q+1;;/p-1/t12-;;/m1../s1. The molecule has 0 N–H and O–H groups in total. The Morgan fingerprint density at radius 1 is 1.12 bits per heavy atom. The van der Waals surface area contributed by atoms with Crippen molar-refractivity contribution in [2.75, 3.05) is 34.8 Å². The first-order valence-corrected chi connectivity index (χ1v) is 4.91. The number of nitrogens with zero attached hydrogens (tertiary/aromatic N) is 1. The first-order valence-electron chi connectivity index (χ1n) is 4.91. The van der Waals surface area contributed by atoms with Crippen molar-refractivity contribution in [2.24, 2.45) is 0 Å². The van der Waals surface area contributed by atoms with Crippen LogP contribution in [0.15, 0.2) is 30.3 Å². The number of rotatable bonds is 4. The van der Waals surface area contributed by atoms with Crippen LogP contribution in [0.1, 0.15) is 11.7 Å². The van der Waals surface area contributed by atoms with Gasteiger partial charge in [-0.05, 0) is 5.56 Å². The number of benzene rings is 1. The molecule has 0 aliphatic rings. The summed E-state index contributed by atoms with van der Waals surface area (Å²) < 4.78 is 6.41. The zero-order valence-corrected chi connectivity index (χ0v) is 11.9. The minimum Gasteiger partial charge on any atom is -1.00 e. The molecule has 0 aliphatic carbocycles. The molecular formula is C12H21Cl2NO. The zero-order valence-electron chi connectivity index (χ0n) is 10.3. The highest BCUT2D eigenvalue weighted by Gasteiger charge is 2.18. The molecular weight excluding hydrogens is 245 g/mol. The van der Waals surface area contributed by atoms with Gasteiger partial charge in [-0.15, -0.1) is 12.4 Å². The molecule has 0 saturated carbocycles. The molecule has 0 heterocycles. The monoisotopic (exact) mass is 265 g/mol. The van der Waals surface area contributed by atoms with E-state index in [0.717, 1.165) is 11.0 Å². The predicted molar refractivity (Wildman–Crippen MR) is 66.3 cm³/mol. The molecule has 0 aliphatic heterocycles. The number of halogens is 2. The molecule has 0 unspecified atom stereocenters. The Balaban J connectivity index is 0. The minimum atomic E-state index is 0. The van der Waals surface area contributed by atoms with E-state index in [1.165, 1.54) is 5.56 Å². The predicted octanol–water partition coefficient (Wildman–Crippen LogP) is -0.494. The highest BCUT2D eigenvalue weighted by molar-refractivity contribution is 5.85. The van der Waals surface area contributed by atoms with Crippen LogP contribution in [-0.4, -0.2) is 39.3 Å². The van der Waals surface area contributed by atoms with Crippen molar-refractivity contribution in [1.29, 1.82) is 0 Å². The van der Waals surface area contributed by atoms with Crippen LogP contribution >= 0.6 is 12.4 Å². The van der Waals surface area contributed by atoms with Crippen LogP contribution < -0.4 is 12.4 Å². The Morgan fingerprint density at radius 3 is 2.00 bits per heavy atom. The van der Waals surface area contributed by atoms with E-state index in [-0.39, 0.29) is 30.9 Å². The lowest BCUT2D eigenvalue weighted by atomic mass is 10.1. The van der Waals surface area contributed by atoms with Gasteiger partial charge >= 0.3 is 0 Å². The van der Waals surface area contributed by atoms with Crippen molar-refractivity contribution >= 4 is 12.4 Å². The zero-order chi connectivity index (χ0) is 10.6. The van der Waals surface area contributed by atoms with E-state index in [9.17, 15) is 0 Å². The second-order valence-corrected chi connectivity index (χ2v) is 4.61. The van der Waals surface area contributed by atoms with Gasteiger partial charge in [0.25, 0.3) is 0 Å². The molecule has 94 valence electrons. The van der Waals surface area contributed by atoms with Crippen LogP contribution in [0.5, 0.6) is 0 Å². The molecule has 2 nitrogen and oxygen atoms in total. The van der Waals surface area contributed by atoms with E-state index in [4.69, 9.17) is 4.74 Å². The van der Waals surface area contributed by atoms with E-state index in [1.807, 2.05) is 6.07 Å². The lowest BCUT2D eigenvalue weighted by Crippen LogP contribution is -3.00. The molecule has 1 atom stereocenters. The van der Waals surface area contributed by atoms with E-state index in [0.29, 0.717) is 0 Å². The molecule has 0 amide bonds. The summed E-state index contributed by atoms with van der Waals surface area (Å²) in [6, 6.07) is 10.4. The molecule has 0 saturated heterocycles. The summed E-state index contributed by atoms with van der Waals surface area (Å²) in [5.74, 6) is 0. The summed E-state index contributed by atoms with van der Waals surface area (Å²) in [6.07, 6.45) is 0.191. The van der Waals surface area contributed by atoms with E-state index in [1.54, 1.807) is 7.11 Å². The largest absolute Gasteiger partial charge is 1.00 e. The third kappa shape index (κ3) is 6.33. The molecule has 16 heavy (non-hydrogen) atoms. The second kappa shape index (κ2) is 7.91. The third-order valence-corrected chi connectivity index (χ3v) is 2.17. The van der Waals surface area contributed by atoms with Crippen molar-refractivity contribution in [3.8, 4) is 0 Å². The first kappa shape index (κ1) is 18.1. The van der Waals surface area contributed by atoms with Crippen molar-refractivity contribution in [1.82, 2.24) is 0 Å². The van der Waals surface area contributed by atoms with E-state index < -0.39 is 0 Å². The molecule has 0 fully saturated rings. The average molecular weight is 266 g/mol. The van der Waals surface area contributed by atoms with Crippen LogP contribution in [0.2, 0.25) is 0 Å². The van der Waals surface area contributed by atoms with Crippen LogP contribution in [0.4, 0.5) is 0 Å². The smallest absolute Gasteiger partial charge is 0.131 e. The van der Waals surface area contributed by atoms with Crippen molar-refractivity contribution in [3.05, 3.63) is 35.9 Å². The number of likely N-dealkylation sites (N-methyl/N-ethyl adjacent to an activating group) is 1. The van der Waals surface area contributed by atoms with Gasteiger partial charge in [-0.25, -0.2) is 0 Å². The number of methoxy groups -OCH3 is 1. The van der Waals surface area contributed by atoms with Gasteiger partial charge in [-0.3, -0.25) is 0 Å². The van der Waals surface area contributed by atoms with Crippen molar-refractivity contribution in [2.45, 2.75) is 6.10 Å². The van der Waals surface area contributed by atoms with Gasteiger partial charge in [0.2, 0.25) is 0 Å². The van der Waals surface area contributed by atoms with Gasteiger partial charge in [0.1, 0.15) is 12.6 Å². The summed E-state index contributed by atoms with van der Waals surface area (Å²) in [4.78, 5) is 0. The fourth-order valence-electron chi connectivity index (χ4n) is 1.48. The molecule has 1 aromatic rings. The maximum absolute atomic E-state index is 5.50. The van der Waals surface area contributed by atoms with Crippen LogP contribution in [0, 0.1) is 0 Å². The molecule has 0 radical (unpaired) electrons. The van der Waals surface area contributed by atoms with Gasteiger partial charge in [0.05, 0.1) is 21.1 Å². The fourth-order valence-corrected chi connectivity index (χ4v) is 1.48.